The van der Waals surface area contributed by atoms with Crippen molar-refractivity contribution in [1.82, 2.24) is 10.6 Å². The lowest BCUT2D eigenvalue weighted by atomic mass is 10.0. The van der Waals surface area contributed by atoms with Crippen molar-refractivity contribution < 1.29 is 28.7 Å². The van der Waals surface area contributed by atoms with Gasteiger partial charge in [-0.15, -0.1) is 0 Å². The van der Waals surface area contributed by atoms with Crippen LogP contribution in [0.1, 0.15) is 39.2 Å². The molecule has 0 saturated carbocycles. The van der Waals surface area contributed by atoms with Crippen molar-refractivity contribution >= 4 is 23.9 Å². The molecule has 9 nitrogen and oxygen atoms in total. The molecule has 170 valence electrons. The summed E-state index contributed by atoms with van der Waals surface area (Å²) in [6.45, 7) is 5.16. The highest BCUT2D eigenvalue weighted by atomic mass is 16.6. The molecule has 1 rings (SSSR count). The molecule has 0 aliphatic heterocycles. The maximum absolute atomic E-state index is 13.0. The molecule has 0 fully saturated rings. The number of methoxy groups -OCH3 is 1. The lowest BCUT2D eigenvalue weighted by Gasteiger charge is -2.24. The Hall–Kier alpha value is -3.36. The van der Waals surface area contributed by atoms with Gasteiger partial charge >= 0.3 is 12.1 Å². The van der Waals surface area contributed by atoms with Gasteiger partial charge in [-0.2, -0.15) is 0 Å². The molecule has 0 heterocycles. The molecule has 0 aromatic heterocycles. The summed E-state index contributed by atoms with van der Waals surface area (Å²) in [5, 5.41) is 5.32. The fourth-order valence-corrected chi connectivity index (χ4v) is 2.57. The molecular formula is C22H31N3O6. The van der Waals surface area contributed by atoms with Gasteiger partial charge < -0.3 is 25.8 Å². The van der Waals surface area contributed by atoms with Gasteiger partial charge in [0.05, 0.1) is 7.11 Å². The lowest BCUT2D eigenvalue weighted by Crippen LogP contribution is -2.51. The van der Waals surface area contributed by atoms with E-state index in [9.17, 15) is 19.2 Å². The fraction of sp³-hybridized carbons (Fsp3) is 0.455. The Balaban J connectivity index is 2.99. The number of amides is 3. The number of nitrogens with one attached hydrogen (secondary N) is 2. The Morgan fingerprint density at radius 2 is 1.74 bits per heavy atom. The van der Waals surface area contributed by atoms with Crippen LogP contribution < -0.4 is 16.4 Å². The number of primary amides is 1. The first-order valence-electron chi connectivity index (χ1n) is 9.88. The Labute approximate surface area is 182 Å². The first kappa shape index (κ1) is 25.7. The van der Waals surface area contributed by atoms with E-state index < -0.39 is 41.6 Å². The SMILES string of the molecule is COC(=O)/C=C/C(CCC(N)=O)NC(=O)C(Cc1ccccc1)NC(=O)OC(C)(C)C. The van der Waals surface area contributed by atoms with Crippen molar-refractivity contribution in [3.8, 4) is 0 Å². The van der Waals surface area contributed by atoms with Crippen molar-refractivity contribution in [3.05, 3.63) is 48.0 Å². The molecule has 0 bridgehead atoms. The zero-order valence-electron chi connectivity index (χ0n) is 18.3. The van der Waals surface area contributed by atoms with Gasteiger partial charge in [-0.3, -0.25) is 9.59 Å². The number of hydrogen-bond donors (Lipinski definition) is 3. The van der Waals surface area contributed by atoms with Crippen LogP contribution in [-0.4, -0.2) is 48.7 Å². The van der Waals surface area contributed by atoms with Crippen LogP contribution in [0.3, 0.4) is 0 Å². The Bertz CT molecular complexity index is 786. The van der Waals surface area contributed by atoms with Crippen LogP contribution in [0, 0.1) is 0 Å². The molecule has 2 atom stereocenters. The summed E-state index contributed by atoms with van der Waals surface area (Å²) in [4.78, 5) is 47.8. The second kappa shape index (κ2) is 12.4. The standard InChI is InChI=1S/C22H31N3O6/c1-22(2,3)31-21(29)25-17(14-15-8-6-5-7-9-15)20(28)24-16(10-12-18(23)26)11-13-19(27)30-4/h5-9,11,13,16-17H,10,12,14H2,1-4H3,(H2,23,26)(H,24,28)(H,25,29)/b13-11+. The maximum Gasteiger partial charge on any atom is 0.408 e. The van der Waals surface area contributed by atoms with Crippen molar-refractivity contribution in [2.45, 2.75) is 57.7 Å². The van der Waals surface area contributed by atoms with Gasteiger partial charge in [0.15, 0.2) is 0 Å². The Morgan fingerprint density at radius 1 is 1.10 bits per heavy atom. The Morgan fingerprint density at radius 3 is 2.29 bits per heavy atom. The number of benzene rings is 1. The smallest absolute Gasteiger partial charge is 0.408 e. The average molecular weight is 434 g/mol. The Kier molecular flexibility index (Phi) is 10.2. The number of ether oxygens (including phenoxy) is 2. The van der Waals surface area contributed by atoms with Gasteiger partial charge in [-0.05, 0) is 32.8 Å². The largest absolute Gasteiger partial charge is 0.466 e. The third-order valence-corrected chi connectivity index (χ3v) is 3.99. The summed E-state index contributed by atoms with van der Waals surface area (Å²) in [6.07, 6.45) is 2.23. The number of hydrogen-bond acceptors (Lipinski definition) is 6. The number of rotatable bonds is 10. The van der Waals surface area contributed by atoms with Crippen molar-refractivity contribution in [2.24, 2.45) is 5.73 Å². The molecule has 3 amide bonds. The third kappa shape index (κ3) is 11.4. The quantitative estimate of drug-likeness (QED) is 0.379. The molecule has 31 heavy (non-hydrogen) atoms. The predicted molar refractivity (Wildman–Crippen MR) is 115 cm³/mol. The average Bonchev–Trinajstić information content (AvgIpc) is 2.68. The highest BCUT2D eigenvalue weighted by Crippen LogP contribution is 2.09. The van der Waals surface area contributed by atoms with Crippen molar-refractivity contribution in [3.63, 3.8) is 0 Å². The number of carbonyl (C=O) groups excluding carboxylic acids is 4. The van der Waals surface area contributed by atoms with E-state index in [4.69, 9.17) is 10.5 Å². The highest BCUT2D eigenvalue weighted by molar-refractivity contribution is 5.87. The number of nitrogens with two attached hydrogens (primary N) is 1. The maximum atomic E-state index is 13.0. The van der Waals surface area contributed by atoms with E-state index in [-0.39, 0.29) is 19.3 Å². The topological polar surface area (TPSA) is 137 Å². The molecule has 0 aliphatic rings. The van der Waals surface area contributed by atoms with E-state index in [2.05, 4.69) is 15.4 Å². The molecule has 1 aromatic carbocycles. The summed E-state index contributed by atoms with van der Waals surface area (Å²) in [6, 6.07) is 7.55. The minimum atomic E-state index is -0.945. The summed E-state index contributed by atoms with van der Waals surface area (Å²) in [7, 11) is 1.23. The van der Waals surface area contributed by atoms with Gasteiger partial charge in [-0.1, -0.05) is 36.4 Å². The second-order valence-electron chi connectivity index (χ2n) is 7.89. The summed E-state index contributed by atoms with van der Waals surface area (Å²) >= 11 is 0. The van der Waals surface area contributed by atoms with Crippen LogP contribution in [0.2, 0.25) is 0 Å². The molecule has 2 unspecified atom stereocenters. The molecule has 4 N–H and O–H groups in total. The van der Waals surface area contributed by atoms with Crippen molar-refractivity contribution in [2.75, 3.05) is 7.11 Å². The van der Waals surface area contributed by atoms with Crippen LogP contribution >= 0.6 is 0 Å². The highest BCUT2D eigenvalue weighted by Gasteiger charge is 2.26. The third-order valence-electron chi connectivity index (χ3n) is 3.99. The van der Waals surface area contributed by atoms with Gasteiger partial charge in [-0.25, -0.2) is 9.59 Å². The number of alkyl carbamates (subject to hydrolysis) is 1. The fourth-order valence-electron chi connectivity index (χ4n) is 2.57. The monoisotopic (exact) mass is 433 g/mol. The molecule has 0 aliphatic carbocycles. The molecule has 0 radical (unpaired) electrons. The van der Waals surface area contributed by atoms with Gasteiger partial charge in [0.25, 0.3) is 0 Å². The number of esters is 1. The van der Waals surface area contributed by atoms with Gasteiger partial charge in [0.1, 0.15) is 11.6 Å². The van der Waals surface area contributed by atoms with Crippen LogP contribution in [0.15, 0.2) is 42.5 Å². The molecular weight excluding hydrogens is 402 g/mol. The van der Waals surface area contributed by atoms with E-state index in [1.165, 1.54) is 13.2 Å². The van der Waals surface area contributed by atoms with Gasteiger partial charge in [0.2, 0.25) is 11.8 Å². The summed E-state index contributed by atoms with van der Waals surface area (Å²) in [5.74, 6) is -1.65. The lowest BCUT2D eigenvalue weighted by molar-refractivity contribution is -0.135. The zero-order valence-corrected chi connectivity index (χ0v) is 18.3. The zero-order chi connectivity index (χ0) is 23.4. The van der Waals surface area contributed by atoms with Crippen LogP contribution in [-0.2, 0) is 30.3 Å². The van der Waals surface area contributed by atoms with E-state index >= 15 is 0 Å². The van der Waals surface area contributed by atoms with Crippen LogP contribution in [0.4, 0.5) is 4.79 Å². The van der Waals surface area contributed by atoms with E-state index in [1.807, 2.05) is 30.3 Å². The van der Waals surface area contributed by atoms with Crippen LogP contribution in [0.25, 0.3) is 0 Å². The van der Waals surface area contributed by atoms with E-state index in [1.54, 1.807) is 20.8 Å². The van der Waals surface area contributed by atoms with E-state index in [0.717, 1.165) is 11.6 Å². The van der Waals surface area contributed by atoms with Crippen LogP contribution in [0.5, 0.6) is 0 Å². The van der Waals surface area contributed by atoms with Crippen molar-refractivity contribution in [1.29, 1.82) is 0 Å². The first-order chi connectivity index (χ1) is 14.5. The molecule has 0 spiro atoms. The minimum absolute atomic E-state index is 0.000689. The van der Waals surface area contributed by atoms with Gasteiger partial charge in [0, 0.05) is 25.0 Å². The second-order valence-corrected chi connectivity index (χ2v) is 7.89. The summed E-state index contributed by atoms with van der Waals surface area (Å²) in [5.41, 5.74) is 5.30. The first-order valence-corrected chi connectivity index (χ1v) is 9.88. The predicted octanol–water partition coefficient (Wildman–Crippen LogP) is 1.60. The summed E-state index contributed by atoms with van der Waals surface area (Å²) < 4.78 is 9.82. The molecule has 9 heteroatoms. The molecule has 1 aromatic rings. The molecule has 0 saturated heterocycles. The normalized spacial score (nSPS) is 13.2. The number of carbonyl (C=O) groups is 4. The minimum Gasteiger partial charge on any atom is -0.466 e. The van der Waals surface area contributed by atoms with E-state index in [0.29, 0.717) is 0 Å².